The fourth-order valence-corrected chi connectivity index (χ4v) is 2.48. The largest absolute Gasteiger partial charge is 0.497 e. The molecule has 0 bridgehead atoms. The molecular weight excluding hydrogens is 238 g/mol. The third-order valence-electron chi connectivity index (χ3n) is 3.61. The maximum Gasteiger partial charge on any atom is 0.121 e. The van der Waals surface area contributed by atoms with E-state index < -0.39 is 0 Å². The van der Waals surface area contributed by atoms with Crippen molar-refractivity contribution in [1.29, 1.82) is 5.26 Å². The highest BCUT2D eigenvalue weighted by molar-refractivity contribution is 5.60. The molecule has 4 nitrogen and oxygen atoms in total. The van der Waals surface area contributed by atoms with E-state index in [1.54, 1.807) is 13.2 Å². The minimum atomic E-state index is 0.669. The van der Waals surface area contributed by atoms with E-state index >= 15 is 0 Å². The molecule has 102 valence electrons. The van der Waals surface area contributed by atoms with Gasteiger partial charge in [-0.1, -0.05) is 0 Å². The lowest BCUT2D eigenvalue weighted by molar-refractivity contribution is 0.364. The topological polar surface area (TPSA) is 57.1 Å². The van der Waals surface area contributed by atoms with Crippen molar-refractivity contribution in [2.45, 2.75) is 19.3 Å². The molecule has 1 aliphatic rings. The van der Waals surface area contributed by atoms with Gasteiger partial charge in [0.25, 0.3) is 0 Å². The van der Waals surface area contributed by atoms with Gasteiger partial charge in [0.1, 0.15) is 11.8 Å². The van der Waals surface area contributed by atoms with Gasteiger partial charge in [-0.2, -0.15) is 5.26 Å². The van der Waals surface area contributed by atoms with Crippen LogP contribution in [0.4, 0.5) is 5.69 Å². The molecule has 1 aromatic carbocycles. The van der Waals surface area contributed by atoms with E-state index in [2.05, 4.69) is 16.7 Å². The Morgan fingerprint density at radius 2 is 2.42 bits per heavy atom. The first kappa shape index (κ1) is 13.7. The van der Waals surface area contributed by atoms with E-state index in [0.717, 1.165) is 43.4 Å². The van der Waals surface area contributed by atoms with Crippen LogP contribution in [0, 0.1) is 17.2 Å². The Morgan fingerprint density at radius 1 is 1.53 bits per heavy atom. The normalized spacial score (nSPS) is 18.6. The molecule has 0 aromatic heterocycles. The van der Waals surface area contributed by atoms with E-state index in [1.807, 2.05) is 12.1 Å². The zero-order valence-electron chi connectivity index (χ0n) is 11.4. The van der Waals surface area contributed by atoms with E-state index in [1.165, 1.54) is 12.8 Å². The molecule has 1 heterocycles. The average molecular weight is 259 g/mol. The van der Waals surface area contributed by atoms with Gasteiger partial charge in [-0.15, -0.1) is 0 Å². The fraction of sp³-hybridized carbons (Fsp3) is 0.533. The Kier molecular flexibility index (Phi) is 5.05. The monoisotopic (exact) mass is 259 g/mol. The first-order chi connectivity index (χ1) is 9.33. The molecule has 0 aliphatic carbocycles. The second-order valence-electron chi connectivity index (χ2n) is 4.95. The van der Waals surface area contributed by atoms with Crippen LogP contribution in [-0.2, 0) is 0 Å². The van der Waals surface area contributed by atoms with Crippen LogP contribution in [0.1, 0.15) is 24.8 Å². The molecule has 1 saturated heterocycles. The molecule has 1 aliphatic heterocycles. The molecule has 0 radical (unpaired) electrons. The van der Waals surface area contributed by atoms with Crippen LogP contribution in [0.3, 0.4) is 0 Å². The van der Waals surface area contributed by atoms with E-state index in [4.69, 9.17) is 10.00 Å². The van der Waals surface area contributed by atoms with Crippen molar-refractivity contribution < 1.29 is 4.74 Å². The van der Waals surface area contributed by atoms with Gasteiger partial charge in [0.2, 0.25) is 0 Å². The zero-order chi connectivity index (χ0) is 13.5. The van der Waals surface area contributed by atoms with Crippen molar-refractivity contribution in [2.75, 3.05) is 32.1 Å². The first-order valence-electron chi connectivity index (χ1n) is 6.86. The summed E-state index contributed by atoms with van der Waals surface area (Å²) in [7, 11) is 1.64. The molecule has 19 heavy (non-hydrogen) atoms. The summed E-state index contributed by atoms with van der Waals surface area (Å²) in [6.45, 7) is 3.16. The minimum Gasteiger partial charge on any atom is -0.497 e. The second kappa shape index (κ2) is 7.01. The third kappa shape index (κ3) is 3.87. The van der Waals surface area contributed by atoms with Gasteiger partial charge in [-0.25, -0.2) is 0 Å². The van der Waals surface area contributed by atoms with Crippen molar-refractivity contribution in [3.63, 3.8) is 0 Å². The number of nitriles is 1. The second-order valence-corrected chi connectivity index (χ2v) is 4.95. The SMILES string of the molecule is COc1ccc(C#N)c(NCCC2CCCNC2)c1. The van der Waals surface area contributed by atoms with E-state index in [-0.39, 0.29) is 0 Å². The van der Waals surface area contributed by atoms with Gasteiger partial charge in [0.15, 0.2) is 0 Å². The molecule has 4 heteroatoms. The summed E-state index contributed by atoms with van der Waals surface area (Å²) in [5.74, 6) is 1.53. The Morgan fingerprint density at radius 3 is 3.11 bits per heavy atom. The molecular formula is C15H21N3O. The molecule has 1 unspecified atom stereocenters. The molecule has 0 spiro atoms. The van der Waals surface area contributed by atoms with Crippen molar-refractivity contribution >= 4 is 5.69 Å². The van der Waals surface area contributed by atoms with Crippen molar-refractivity contribution in [1.82, 2.24) is 5.32 Å². The van der Waals surface area contributed by atoms with Gasteiger partial charge < -0.3 is 15.4 Å². The number of methoxy groups -OCH3 is 1. The van der Waals surface area contributed by atoms with Crippen LogP contribution in [0.25, 0.3) is 0 Å². The summed E-state index contributed by atoms with van der Waals surface area (Å²) in [6, 6.07) is 7.70. The van der Waals surface area contributed by atoms with Crippen LogP contribution in [0.5, 0.6) is 5.75 Å². The van der Waals surface area contributed by atoms with Crippen LogP contribution < -0.4 is 15.4 Å². The number of piperidine rings is 1. The average Bonchev–Trinajstić information content (AvgIpc) is 2.48. The molecule has 1 atom stereocenters. The van der Waals surface area contributed by atoms with Gasteiger partial charge in [-0.05, 0) is 50.4 Å². The van der Waals surface area contributed by atoms with Crippen LogP contribution >= 0.6 is 0 Å². The van der Waals surface area contributed by atoms with Crippen molar-refractivity contribution in [2.24, 2.45) is 5.92 Å². The number of nitrogens with zero attached hydrogens (tertiary/aromatic N) is 1. The summed E-state index contributed by atoms with van der Waals surface area (Å²) in [5, 5.41) is 15.9. The maximum atomic E-state index is 9.09. The molecule has 2 N–H and O–H groups in total. The van der Waals surface area contributed by atoms with Crippen LogP contribution in [-0.4, -0.2) is 26.7 Å². The fourth-order valence-electron chi connectivity index (χ4n) is 2.48. The summed E-state index contributed by atoms with van der Waals surface area (Å²) >= 11 is 0. The zero-order valence-corrected chi connectivity index (χ0v) is 11.4. The Balaban J connectivity index is 1.89. The highest BCUT2D eigenvalue weighted by atomic mass is 16.5. The molecule has 1 aromatic rings. The number of ether oxygens (including phenoxy) is 1. The minimum absolute atomic E-state index is 0.669. The predicted molar refractivity (Wildman–Crippen MR) is 76.4 cm³/mol. The van der Waals surface area contributed by atoms with Gasteiger partial charge in [-0.3, -0.25) is 0 Å². The number of anilines is 1. The smallest absolute Gasteiger partial charge is 0.121 e. The van der Waals surface area contributed by atoms with Crippen molar-refractivity contribution in [3.05, 3.63) is 23.8 Å². The standard InChI is InChI=1S/C15H21N3O/c1-19-14-5-4-13(10-16)15(9-14)18-8-6-12-3-2-7-17-11-12/h4-5,9,12,17-18H,2-3,6-8,11H2,1H3. The summed E-state index contributed by atoms with van der Waals surface area (Å²) in [5.41, 5.74) is 1.54. The predicted octanol–water partition coefficient (Wildman–Crippen LogP) is 2.37. The van der Waals surface area contributed by atoms with E-state index in [0.29, 0.717) is 5.56 Å². The number of benzene rings is 1. The highest BCUT2D eigenvalue weighted by Crippen LogP contribution is 2.22. The number of hydrogen-bond acceptors (Lipinski definition) is 4. The number of nitrogens with one attached hydrogen (secondary N) is 2. The molecule has 2 rings (SSSR count). The number of hydrogen-bond donors (Lipinski definition) is 2. The molecule has 0 saturated carbocycles. The Bertz CT molecular complexity index is 447. The lowest BCUT2D eigenvalue weighted by atomic mass is 9.96. The van der Waals surface area contributed by atoms with E-state index in [9.17, 15) is 0 Å². The number of rotatable bonds is 5. The summed E-state index contributed by atoms with van der Waals surface area (Å²) in [6.07, 6.45) is 3.71. The third-order valence-corrected chi connectivity index (χ3v) is 3.61. The Hall–Kier alpha value is -1.73. The summed E-state index contributed by atoms with van der Waals surface area (Å²) in [4.78, 5) is 0. The lowest BCUT2D eigenvalue weighted by Gasteiger charge is -2.23. The lowest BCUT2D eigenvalue weighted by Crippen LogP contribution is -2.30. The van der Waals surface area contributed by atoms with Crippen LogP contribution in [0.2, 0.25) is 0 Å². The van der Waals surface area contributed by atoms with Gasteiger partial charge in [0.05, 0.1) is 18.4 Å². The highest BCUT2D eigenvalue weighted by Gasteiger charge is 2.12. The summed E-state index contributed by atoms with van der Waals surface area (Å²) < 4.78 is 5.19. The quantitative estimate of drug-likeness (QED) is 0.852. The molecule has 1 fully saturated rings. The first-order valence-corrected chi connectivity index (χ1v) is 6.86. The van der Waals surface area contributed by atoms with Gasteiger partial charge in [0, 0.05) is 12.6 Å². The maximum absolute atomic E-state index is 9.09. The van der Waals surface area contributed by atoms with Crippen LogP contribution in [0.15, 0.2) is 18.2 Å². The van der Waals surface area contributed by atoms with Gasteiger partial charge >= 0.3 is 0 Å². The molecule has 0 amide bonds. The Labute approximate surface area is 114 Å². The van der Waals surface area contributed by atoms with Crippen molar-refractivity contribution in [3.8, 4) is 11.8 Å².